The maximum absolute atomic E-state index is 10.2. The molecule has 0 unspecified atom stereocenters. The first-order valence-electron chi connectivity index (χ1n) is 2.59. The lowest BCUT2D eigenvalue weighted by Gasteiger charge is -2.09. The van der Waals surface area contributed by atoms with Gasteiger partial charge in [0.2, 0.25) is 0 Å². The molecule has 0 heterocycles. The molecule has 3 heteroatoms. The van der Waals surface area contributed by atoms with Crippen molar-refractivity contribution in [2.24, 2.45) is 0 Å². The zero-order valence-electron chi connectivity index (χ0n) is 5.15. The minimum atomic E-state index is -0.383. The Hall–Kier alpha value is -0.240. The van der Waals surface area contributed by atoms with Gasteiger partial charge in [-0.25, -0.2) is 0 Å². The van der Waals surface area contributed by atoms with Crippen molar-refractivity contribution in [3.63, 3.8) is 0 Å². The summed E-state index contributed by atoms with van der Waals surface area (Å²) >= 11 is 5.09. The second kappa shape index (κ2) is 3.72. The van der Waals surface area contributed by atoms with Gasteiger partial charge in [0.1, 0.15) is 0 Å². The van der Waals surface area contributed by atoms with E-state index in [1.54, 1.807) is 7.05 Å². The third-order valence-electron chi connectivity index (χ3n) is 0.859. The summed E-state index contributed by atoms with van der Waals surface area (Å²) in [5.41, 5.74) is 0. The van der Waals surface area contributed by atoms with Crippen molar-refractivity contribution in [2.45, 2.75) is 13.3 Å². The maximum Gasteiger partial charge on any atom is 0.316 e. The van der Waals surface area contributed by atoms with E-state index in [-0.39, 0.29) is 5.37 Å². The second-order valence-corrected chi connectivity index (χ2v) is 2.00. The van der Waals surface area contributed by atoms with E-state index < -0.39 is 0 Å². The third-order valence-corrected chi connectivity index (χ3v) is 1.15. The van der Waals surface area contributed by atoms with E-state index >= 15 is 0 Å². The molecule has 1 amide bonds. The molecule has 0 aliphatic carbocycles. The summed E-state index contributed by atoms with van der Waals surface area (Å²) in [4.78, 5) is 11.7. The predicted molar refractivity (Wildman–Crippen MR) is 34.2 cm³/mol. The van der Waals surface area contributed by atoms with Crippen molar-refractivity contribution in [3.8, 4) is 0 Å². The molecule has 48 valence electrons. The van der Waals surface area contributed by atoms with Gasteiger partial charge >= 0.3 is 5.37 Å². The Bertz CT molecular complexity index is 84.5. The van der Waals surface area contributed by atoms with Crippen LogP contribution >= 0.6 is 11.6 Å². The second-order valence-electron chi connectivity index (χ2n) is 1.67. The molecule has 8 heavy (non-hydrogen) atoms. The summed E-state index contributed by atoms with van der Waals surface area (Å²) in [6.07, 6.45) is 0.953. The lowest BCUT2D eigenvalue weighted by Crippen LogP contribution is -2.21. The van der Waals surface area contributed by atoms with Crippen molar-refractivity contribution < 1.29 is 4.79 Å². The number of carbonyl (C=O) groups is 1. The van der Waals surface area contributed by atoms with E-state index in [0.717, 1.165) is 13.0 Å². The molecular formula is C5H10ClNO. The Kier molecular flexibility index (Phi) is 3.61. The molecule has 0 radical (unpaired) electrons. The molecule has 0 aliphatic heterocycles. The average molecular weight is 136 g/mol. The van der Waals surface area contributed by atoms with Gasteiger partial charge in [-0.2, -0.15) is 0 Å². The van der Waals surface area contributed by atoms with Gasteiger partial charge in [0, 0.05) is 13.6 Å². The van der Waals surface area contributed by atoms with Crippen LogP contribution in [0.1, 0.15) is 13.3 Å². The van der Waals surface area contributed by atoms with Crippen LogP contribution in [0.3, 0.4) is 0 Å². The monoisotopic (exact) mass is 135 g/mol. The minimum absolute atomic E-state index is 0.383. The first kappa shape index (κ1) is 7.76. The predicted octanol–water partition coefficient (Wildman–Crippen LogP) is 1.69. The Morgan fingerprint density at radius 2 is 2.25 bits per heavy atom. The summed E-state index contributed by atoms with van der Waals surface area (Å²) in [5, 5.41) is -0.383. The minimum Gasteiger partial charge on any atom is -0.332 e. The largest absolute Gasteiger partial charge is 0.332 e. The van der Waals surface area contributed by atoms with Gasteiger partial charge in [-0.3, -0.25) is 4.79 Å². The van der Waals surface area contributed by atoms with Gasteiger partial charge < -0.3 is 4.90 Å². The topological polar surface area (TPSA) is 20.3 Å². The van der Waals surface area contributed by atoms with Crippen LogP contribution in [-0.4, -0.2) is 23.9 Å². The zero-order valence-corrected chi connectivity index (χ0v) is 5.90. The Labute approximate surface area is 54.4 Å². The molecule has 0 aliphatic rings. The van der Waals surface area contributed by atoms with Gasteiger partial charge in [-0.15, -0.1) is 0 Å². The van der Waals surface area contributed by atoms with Gasteiger partial charge in [0.25, 0.3) is 0 Å². The molecule has 0 aromatic rings. The molecule has 0 fully saturated rings. The van der Waals surface area contributed by atoms with E-state index in [1.807, 2.05) is 6.92 Å². The van der Waals surface area contributed by atoms with Crippen LogP contribution in [0.5, 0.6) is 0 Å². The molecular weight excluding hydrogens is 126 g/mol. The number of nitrogens with zero attached hydrogens (tertiary/aromatic N) is 1. The summed E-state index contributed by atoms with van der Waals surface area (Å²) in [6.45, 7) is 2.73. The molecule has 0 rings (SSSR count). The molecule has 0 saturated heterocycles. The molecule has 0 spiro atoms. The quantitative estimate of drug-likeness (QED) is 0.417. The van der Waals surface area contributed by atoms with Crippen LogP contribution in [0.25, 0.3) is 0 Å². The van der Waals surface area contributed by atoms with Crippen LogP contribution in [0, 0.1) is 0 Å². The lowest BCUT2D eigenvalue weighted by molar-refractivity contribution is 0.232. The number of hydrogen-bond donors (Lipinski definition) is 0. The van der Waals surface area contributed by atoms with E-state index in [1.165, 1.54) is 4.90 Å². The first-order chi connectivity index (χ1) is 3.68. The molecule has 0 aromatic heterocycles. The fourth-order valence-electron chi connectivity index (χ4n) is 0.423. The third kappa shape index (κ3) is 2.86. The fraction of sp³-hybridized carbons (Fsp3) is 0.800. The van der Waals surface area contributed by atoms with Gasteiger partial charge in [-0.1, -0.05) is 6.92 Å². The first-order valence-corrected chi connectivity index (χ1v) is 2.97. The number of hydrogen-bond acceptors (Lipinski definition) is 1. The number of amides is 1. The van der Waals surface area contributed by atoms with Crippen LogP contribution in [-0.2, 0) is 0 Å². The standard InChI is InChI=1S/C5H10ClNO/c1-3-4-7(2)5(6)8/h3-4H2,1-2H3. The van der Waals surface area contributed by atoms with Crippen LogP contribution in [0.15, 0.2) is 0 Å². The number of carbonyl (C=O) groups excluding carboxylic acids is 1. The van der Waals surface area contributed by atoms with Crippen molar-refractivity contribution in [1.29, 1.82) is 0 Å². The maximum atomic E-state index is 10.2. The van der Waals surface area contributed by atoms with Gasteiger partial charge in [-0.05, 0) is 18.0 Å². The van der Waals surface area contributed by atoms with Crippen molar-refractivity contribution >= 4 is 17.0 Å². The summed E-state index contributed by atoms with van der Waals surface area (Å²) in [7, 11) is 1.68. The van der Waals surface area contributed by atoms with Crippen LogP contribution < -0.4 is 0 Å². The van der Waals surface area contributed by atoms with E-state index in [4.69, 9.17) is 11.6 Å². The van der Waals surface area contributed by atoms with Crippen molar-refractivity contribution in [2.75, 3.05) is 13.6 Å². The molecule has 2 nitrogen and oxygen atoms in total. The summed E-state index contributed by atoms with van der Waals surface area (Å²) in [5.74, 6) is 0. The van der Waals surface area contributed by atoms with Gasteiger partial charge in [0.05, 0.1) is 0 Å². The lowest BCUT2D eigenvalue weighted by atomic mass is 10.5. The SMILES string of the molecule is CCCN(C)C(=O)Cl. The van der Waals surface area contributed by atoms with E-state index in [2.05, 4.69) is 0 Å². The highest BCUT2D eigenvalue weighted by Gasteiger charge is 1.99. The number of halogens is 1. The smallest absolute Gasteiger partial charge is 0.316 e. The van der Waals surface area contributed by atoms with E-state index in [9.17, 15) is 4.79 Å². The van der Waals surface area contributed by atoms with Crippen molar-refractivity contribution in [1.82, 2.24) is 4.90 Å². The average Bonchev–Trinajstić information content (AvgIpc) is 1.67. The van der Waals surface area contributed by atoms with Crippen LogP contribution in [0.4, 0.5) is 4.79 Å². The summed E-state index contributed by atoms with van der Waals surface area (Å²) < 4.78 is 0. The summed E-state index contributed by atoms with van der Waals surface area (Å²) in [6, 6.07) is 0. The molecule has 0 saturated carbocycles. The van der Waals surface area contributed by atoms with E-state index in [0.29, 0.717) is 0 Å². The van der Waals surface area contributed by atoms with Crippen molar-refractivity contribution in [3.05, 3.63) is 0 Å². The molecule has 0 bridgehead atoms. The highest BCUT2D eigenvalue weighted by molar-refractivity contribution is 6.62. The Morgan fingerprint density at radius 3 is 2.38 bits per heavy atom. The van der Waals surface area contributed by atoms with Crippen LogP contribution in [0.2, 0.25) is 0 Å². The molecule has 0 aromatic carbocycles. The normalized spacial score (nSPS) is 8.88. The highest BCUT2D eigenvalue weighted by Crippen LogP contribution is 1.92. The Morgan fingerprint density at radius 1 is 1.75 bits per heavy atom. The fourth-order valence-corrected chi connectivity index (χ4v) is 0.508. The van der Waals surface area contributed by atoms with Gasteiger partial charge in [0.15, 0.2) is 0 Å². The Balaban J connectivity index is 3.32. The zero-order chi connectivity index (χ0) is 6.57. The molecule has 0 atom stereocenters. The highest BCUT2D eigenvalue weighted by atomic mass is 35.5. The number of rotatable bonds is 2. The molecule has 0 N–H and O–H groups in total.